The second kappa shape index (κ2) is 6.40. The van der Waals surface area contributed by atoms with Crippen molar-refractivity contribution in [3.05, 3.63) is 0 Å². The fourth-order valence-corrected chi connectivity index (χ4v) is 2.01. The van der Waals surface area contributed by atoms with Gasteiger partial charge in [0, 0.05) is 5.92 Å². The molecule has 90 valence electrons. The van der Waals surface area contributed by atoms with E-state index in [1.165, 1.54) is 0 Å². The van der Waals surface area contributed by atoms with E-state index < -0.39 is 11.8 Å². The lowest BCUT2D eigenvalue weighted by atomic mass is 9.85. The molecule has 0 amide bonds. The molecule has 0 aromatic rings. The van der Waals surface area contributed by atoms with E-state index in [2.05, 4.69) is 4.74 Å². The Kier molecular flexibility index (Phi) is 5.15. The average Bonchev–Trinajstić information content (AvgIpc) is 2.30. The van der Waals surface area contributed by atoms with Gasteiger partial charge in [0.2, 0.25) is 5.78 Å². The van der Waals surface area contributed by atoms with Crippen molar-refractivity contribution >= 4 is 17.5 Å². The van der Waals surface area contributed by atoms with Gasteiger partial charge in [-0.15, -0.1) is 0 Å². The topological polar surface area (TPSA) is 60.4 Å². The van der Waals surface area contributed by atoms with E-state index in [-0.39, 0.29) is 24.7 Å². The van der Waals surface area contributed by atoms with Crippen LogP contribution in [0.4, 0.5) is 0 Å². The number of Topliss-reactive ketones (excluding diaryl/α,β-unsaturated/α-hetero) is 2. The Morgan fingerprint density at radius 2 is 1.75 bits per heavy atom. The van der Waals surface area contributed by atoms with Gasteiger partial charge in [-0.3, -0.25) is 9.59 Å². The quantitative estimate of drug-likeness (QED) is 0.406. The second-order valence-corrected chi connectivity index (χ2v) is 4.12. The summed E-state index contributed by atoms with van der Waals surface area (Å²) in [5.41, 5.74) is 0. The number of ether oxygens (including phenoxy) is 1. The van der Waals surface area contributed by atoms with Gasteiger partial charge in [0.1, 0.15) is 5.78 Å². The van der Waals surface area contributed by atoms with E-state index in [0.29, 0.717) is 0 Å². The number of carbonyl (C=O) groups excluding carboxylic acids is 3. The summed E-state index contributed by atoms with van der Waals surface area (Å²) in [4.78, 5) is 34.0. The minimum absolute atomic E-state index is 0.0212. The van der Waals surface area contributed by atoms with E-state index in [4.69, 9.17) is 0 Å². The van der Waals surface area contributed by atoms with Crippen LogP contribution in [0.2, 0.25) is 0 Å². The maximum Gasteiger partial charge on any atom is 0.375 e. The van der Waals surface area contributed by atoms with Crippen LogP contribution >= 0.6 is 0 Å². The first-order valence-electron chi connectivity index (χ1n) is 5.87. The minimum atomic E-state index is -0.883. The third-order valence-electron chi connectivity index (χ3n) is 2.90. The molecule has 0 aliphatic heterocycles. The van der Waals surface area contributed by atoms with E-state index in [9.17, 15) is 14.4 Å². The standard InChI is InChI=1S/C12H18O4/c1-2-16-12(15)11(14)8-10(13)9-6-4-3-5-7-9/h9H,2-8H2,1H3. The van der Waals surface area contributed by atoms with Crippen molar-refractivity contribution in [2.45, 2.75) is 45.4 Å². The summed E-state index contributed by atoms with van der Waals surface area (Å²) in [7, 11) is 0. The van der Waals surface area contributed by atoms with Crippen LogP contribution in [0.15, 0.2) is 0 Å². The molecule has 0 saturated heterocycles. The number of rotatable bonds is 5. The highest BCUT2D eigenvalue weighted by molar-refractivity contribution is 6.37. The molecule has 4 heteroatoms. The van der Waals surface area contributed by atoms with Crippen molar-refractivity contribution in [1.82, 2.24) is 0 Å². The Bertz CT molecular complexity index is 277. The van der Waals surface area contributed by atoms with E-state index in [1.54, 1.807) is 6.92 Å². The third kappa shape index (κ3) is 3.76. The van der Waals surface area contributed by atoms with Gasteiger partial charge in [0.25, 0.3) is 0 Å². The van der Waals surface area contributed by atoms with Crippen LogP contribution in [-0.2, 0) is 19.1 Å². The summed E-state index contributed by atoms with van der Waals surface area (Å²) >= 11 is 0. The molecule has 0 spiro atoms. The SMILES string of the molecule is CCOC(=O)C(=O)CC(=O)C1CCCCC1. The molecule has 0 aromatic heterocycles. The van der Waals surface area contributed by atoms with Gasteiger partial charge in [-0.05, 0) is 19.8 Å². The van der Waals surface area contributed by atoms with Crippen LogP contribution < -0.4 is 0 Å². The molecule has 0 radical (unpaired) electrons. The van der Waals surface area contributed by atoms with Crippen molar-refractivity contribution < 1.29 is 19.1 Å². The second-order valence-electron chi connectivity index (χ2n) is 4.12. The molecule has 1 rings (SSSR count). The molecular weight excluding hydrogens is 208 g/mol. The van der Waals surface area contributed by atoms with Crippen LogP contribution in [0.5, 0.6) is 0 Å². The van der Waals surface area contributed by atoms with Crippen molar-refractivity contribution in [3.63, 3.8) is 0 Å². The molecule has 0 bridgehead atoms. The zero-order chi connectivity index (χ0) is 12.0. The highest BCUT2D eigenvalue weighted by atomic mass is 16.5. The van der Waals surface area contributed by atoms with Gasteiger partial charge in [0.05, 0.1) is 13.0 Å². The fraction of sp³-hybridized carbons (Fsp3) is 0.750. The molecule has 0 aromatic carbocycles. The Labute approximate surface area is 95.3 Å². The maximum absolute atomic E-state index is 11.7. The van der Waals surface area contributed by atoms with Crippen LogP contribution in [0.25, 0.3) is 0 Å². The van der Waals surface area contributed by atoms with Crippen molar-refractivity contribution in [2.24, 2.45) is 5.92 Å². The smallest absolute Gasteiger partial charge is 0.375 e. The molecule has 4 nitrogen and oxygen atoms in total. The summed E-state index contributed by atoms with van der Waals surface area (Å²) in [6.45, 7) is 1.80. The zero-order valence-corrected chi connectivity index (χ0v) is 9.66. The van der Waals surface area contributed by atoms with Crippen LogP contribution in [0.3, 0.4) is 0 Å². The molecule has 0 heterocycles. The van der Waals surface area contributed by atoms with Crippen molar-refractivity contribution in [2.75, 3.05) is 6.61 Å². The van der Waals surface area contributed by atoms with E-state index >= 15 is 0 Å². The minimum Gasteiger partial charge on any atom is -0.460 e. The number of carbonyl (C=O) groups is 3. The summed E-state index contributed by atoms with van der Waals surface area (Å²) in [5, 5.41) is 0. The highest BCUT2D eigenvalue weighted by Crippen LogP contribution is 2.25. The highest BCUT2D eigenvalue weighted by Gasteiger charge is 2.26. The molecule has 1 aliphatic carbocycles. The lowest BCUT2D eigenvalue weighted by Gasteiger charge is -2.19. The first-order chi connectivity index (χ1) is 7.65. The van der Waals surface area contributed by atoms with Crippen molar-refractivity contribution in [3.8, 4) is 0 Å². The van der Waals surface area contributed by atoms with Gasteiger partial charge in [0.15, 0.2) is 0 Å². The van der Waals surface area contributed by atoms with E-state index in [1.807, 2.05) is 0 Å². The van der Waals surface area contributed by atoms with Crippen LogP contribution in [-0.4, -0.2) is 24.1 Å². The normalized spacial score (nSPS) is 16.8. The van der Waals surface area contributed by atoms with Gasteiger partial charge in [-0.1, -0.05) is 19.3 Å². The van der Waals surface area contributed by atoms with Crippen LogP contribution in [0, 0.1) is 5.92 Å². The molecule has 16 heavy (non-hydrogen) atoms. The lowest BCUT2D eigenvalue weighted by molar-refractivity contribution is -0.154. The van der Waals surface area contributed by atoms with E-state index in [0.717, 1.165) is 32.1 Å². The largest absolute Gasteiger partial charge is 0.460 e. The predicted molar refractivity (Wildman–Crippen MR) is 57.8 cm³/mol. The Balaban J connectivity index is 2.37. The van der Waals surface area contributed by atoms with Crippen LogP contribution in [0.1, 0.15) is 45.4 Å². The Hall–Kier alpha value is -1.19. The third-order valence-corrected chi connectivity index (χ3v) is 2.90. The van der Waals surface area contributed by atoms with Gasteiger partial charge >= 0.3 is 5.97 Å². The summed E-state index contributed by atoms with van der Waals surface area (Å²) < 4.78 is 4.55. The monoisotopic (exact) mass is 226 g/mol. The summed E-state index contributed by atoms with van der Waals surface area (Å²) in [6, 6.07) is 0. The maximum atomic E-state index is 11.7. The van der Waals surface area contributed by atoms with Crippen molar-refractivity contribution in [1.29, 1.82) is 0 Å². The first kappa shape index (κ1) is 12.9. The lowest BCUT2D eigenvalue weighted by Crippen LogP contribution is -2.25. The molecular formula is C12H18O4. The number of esters is 1. The fourth-order valence-electron chi connectivity index (χ4n) is 2.01. The van der Waals surface area contributed by atoms with Gasteiger partial charge < -0.3 is 4.74 Å². The molecule has 0 atom stereocenters. The Morgan fingerprint density at radius 1 is 1.12 bits per heavy atom. The molecule has 1 fully saturated rings. The zero-order valence-electron chi connectivity index (χ0n) is 9.66. The number of hydrogen-bond acceptors (Lipinski definition) is 4. The van der Waals surface area contributed by atoms with Gasteiger partial charge in [-0.25, -0.2) is 4.79 Å². The average molecular weight is 226 g/mol. The molecule has 0 N–H and O–H groups in total. The summed E-state index contributed by atoms with van der Waals surface area (Å²) in [6.07, 6.45) is 4.68. The molecule has 1 aliphatic rings. The molecule has 1 saturated carbocycles. The number of hydrogen-bond donors (Lipinski definition) is 0. The summed E-state index contributed by atoms with van der Waals surface area (Å²) in [5.74, 6) is -1.71. The first-order valence-corrected chi connectivity index (χ1v) is 5.87. The Morgan fingerprint density at radius 3 is 2.31 bits per heavy atom. The van der Waals surface area contributed by atoms with Gasteiger partial charge in [-0.2, -0.15) is 0 Å². The predicted octanol–water partition coefficient (Wildman–Crippen LogP) is 1.66. The number of ketones is 2. The molecule has 0 unspecified atom stereocenters.